The summed E-state index contributed by atoms with van der Waals surface area (Å²) in [6, 6.07) is 0.629. The molecule has 104 valence electrons. The van der Waals surface area contributed by atoms with E-state index in [1.165, 1.54) is 0 Å². The molecule has 3 heterocycles. The SMILES string of the molecule is CC(O)C1CCN(C2CCOC3(CCOC3)C2)C1. The standard InChI is InChI=1S/C14H25NO3/c1-11(16)12-2-5-15(9-12)13-3-6-18-14(8-13)4-7-17-10-14/h11-13,16H,2-10H2,1H3. The molecule has 1 N–H and O–H groups in total. The topological polar surface area (TPSA) is 41.9 Å². The van der Waals surface area contributed by atoms with Gasteiger partial charge < -0.3 is 14.6 Å². The zero-order chi connectivity index (χ0) is 12.6. The lowest BCUT2D eigenvalue weighted by molar-refractivity contribution is -0.104. The maximum atomic E-state index is 9.70. The molecule has 3 aliphatic heterocycles. The van der Waals surface area contributed by atoms with Crippen LogP contribution in [0.1, 0.15) is 32.6 Å². The summed E-state index contributed by atoms with van der Waals surface area (Å²) >= 11 is 0. The van der Waals surface area contributed by atoms with Gasteiger partial charge in [-0.2, -0.15) is 0 Å². The van der Waals surface area contributed by atoms with E-state index < -0.39 is 0 Å². The first kappa shape index (κ1) is 12.9. The summed E-state index contributed by atoms with van der Waals surface area (Å²) in [6.45, 7) is 6.60. The fourth-order valence-corrected chi connectivity index (χ4v) is 3.72. The molecule has 0 aliphatic carbocycles. The number of aliphatic hydroxyl groups is 1. The average Bonchev–Trinajstić information content (AvgIpc) is 2.98. The van der Waals surface area contributed by atoms with Crippen molar-refractivity contribution in [2.24, 2.45) is 5.92 Å². The summed E-state index contributed by atoms with van der Waals surface area (Å²) in [6.07, 6.45) is 4.27. The summed E-state index contributed by atoms with van der Waals surface area (Å²) in [7, 11) is 0. The van der Waals surface area contributed by atoms with Gasteiger partial charge in [0.1, 0.15) is 0 Å². The highest BCUT2D eigenvalue weighted by Gasteiger charge is 2.43. The molecule has 4 nitrogen and oxygen atoms in total. The predicted molar refractivity (Wildman–Crippen MR) is 68.5 cm³/mol. The molecule has 18 heavy (non-hydrogen) atoms. The second-order valence-corrected chi connectivity index (χ2v) is 6.26. The van der Waals surface area contributed by atoms with Crippen molar-refractivity contribution < 1.29 is 14.6 Å². The van der Waals surface area contributed by atoms with Crippen LogP contribution in [0.2, 0.25) is 0 Å². The van der Waals surface area contributed by atoms with Crippen LogP contribution in [0.15, 0.2) is 0 Å². The highest BCUT2D eigenvalue weighted by Crippen LogP contribution is 2.36. The molecule has 4 atom stereocenters. The third kappa shape index (κ3) is 2.44. The molecule has 0 amide bonds. The van der Waals surface area contributed by atoms with Gasteiger partial charge in [-0.25, -0.2) is 0 Å². The lowest BCUT2D eigenvalue weighted by Gasteiger charge is -2.41. The van der Waals surface area contributed by atoms with Gasteiger partial charge in [-0.3, -0.25) is 4.90 Å². The molecule has 1 spiro atoms. The van der Waals surface area contributed by atoms with E-state index in [-0.39, 0.29) is 11.7 Å². The van der Waals surface area contributed by atoms with Crippen LogP contribution in [0.4, 0.5) is 0 Å². The van der Waals surface area contributed by atoms with Gasteiger partial charge in [0.25, 0.3) is 0 Å². The molecule has 3 aliphatic rings. The highest BCUT2D eigenvalue weighted by molar-refractivity contribution is 4.95. The van der Waals surface area contributed by atoms with Crippen molar-refractivity contribution in [2.45, 2.75) is 50.4 Å². The van der Waals surface area contributed by atoms with Crippen LogP contribution < -0.4 is 0 Å². The Morgan fingerprint density at radius 3 is 2.89 bits per heavy atom. The van der Waals surface area contributed by atoms with E-state index in [1.807, 2.05) is 6.92 Å². The molecule has 4 heteroatoms. The van der Waals surface area contributed by atoms with E-state index in [0.717, 1.165) is 58.6 Å². The Labute approximate surface area is 109 Å². The minimum Gasteiger partial charge on any atom is -0.393 e. The van der Waals surface area contributed by atoms with Crippen LogP contribution in [0.3, 0.4) is 0 Å². The van der Waals surface area contributed by atoms with Crippen LogP contribution in [-0.2, 0) is 9.47 Å². The van der Waals surface area contributed by atoms with E-state index in [9.17, 15) is 5.11 Å². The van der Waals surface area contributed by atoms with Gasteiger partial charge in [0.2, 0.25) is 0 Å². The van der Waals surface area contributed by atoms with Crippen molar-refractivity contribution in [1.82, 2.24) is 4.90 Å². The fraction of sp³-hybridized carbons (Fsp3) is 1.00. The van der Waals surface area contributed by atoms with Crippen LogP contribution in [0.25, 0.3) is 0 Å². The van der Waals surface area contributed by atoms with Crippen molar-refractivity contribution in [3.05, 3.63) is 0 Å². The van der Waals surface area contributed by atoms with Gasteiger partial charge in [0, 0.05) is 32.2 Å². The number of rotatable bonds is 2. The number of hydrogen-bond donors (Lipinski definition) is 1. The number of likely N-dealkylation sites (tertiary alicyclic amines) is 1. The molecule has 0 saturated carbocycles. The highest BCUT2D eigenvalue weighted by atomic mass is 16.6. The normalized spacial score (nSPS) is 43.7. The van der Waals surface area contributed by atoms with Gasteiger partial charge in [-0.1, -0.05) is 0 Å². The van der Waals surface area contributed by atoms with Gasteiger partial charge in [-0.15, -0.1) is 0 Å². The molecule has 0 radical (unpaired) electrons. The summed E-state index contributed by atoms with van der Waals surface area (Å²) in [5, 5.41) is 9.70. The second kappa shape index (κ2) is 5.08. The average molecular weight is 255 g/mol. The van der Waals surface area contributed by atoms with Gasteiger partial charge in [0.05, 0.1) is 18.3 Å². The first-order valence-electron chi connectivity index (χ1n) is 7.32. The van der Waals surface area contributed by atoms with Crippen molar-refractivity contribution >= 4 is 0 Å². The third-order valence-corrected chi connectivity index (χ3v) is 4.99. The lowest BCUT2D eigenvalue weighted by Crippen LogP contribution is -2.48. The molecular formula is C14H25NO3. The summed E-state index contributed by atoms with van der Waals surface area (Å²) in [4.78, 5) is 2.57. The smallest absolute Gasteiger partial charge is 0.0951 e. The zero-order valence-electron chi connectivity index (χ0n) is 11.3. The summed E-state index contributed by atoms with van der Waals surface area (Å²) < 4.78 is 11.5. The van der Waals surface area contributed by atoms with E-state index in [1.54, 1.807) is 0 Å². The van der Waals surface area contributed by atoms with Gasteiger partial charge >= 0.3 is 0 Å². The molecule has 3 fully saturated rings. The maximum absolute atomic E-state index is 9.70. The molecular weight excluding hydrogens is 230 g/mol. The van der Waals surface area contributed by atoms with Crippen molar-refractivity contribution in [1.29, 1.82) is 0 Å². The minimum atomic E-state index is -0.168. The van der Waals surface area contributed by atoms with Gasteiger partial charge in [-0.05, 0) is 38.6 Å². The summed E-state index contributed by atoms with van der Waals surface area (Å²) in [5.41, 5.74) is 0.00579. The molecule has 4 unspecified atom stereocenters. The Morgan fingerprint density at radius 1 is 1.33 bits per heavy atom. The van der Waals surface area contributed by atoms with E-state index in [4.69, 9.17) is 9.47 Å². The summed E-state index contributed by atoms with van der Waals surface area (Å²) in [5.74, 6) is 0.462. The van der Waals surface area contributed by atoms with Crippen molar-refractivity contribution in [3.63, 3.8) is 0 Å². The number of ether oxygens (including phenoxy) is 2. The molecule has 0 aromatic heterocycles. The van der Waals surface area contributed by atoms with E-state index >= 15 is 0 Å². The Balaban J connectivity index is 1.59. The molecule has 3 rings (SSSR count). The van der Waals surface area contributed by atoms with Crippen LogP contribution in [0, 0.1) is 5.92 Å². The molecule has 0 aromatic carbocycles. The van der Waals surface area contributed by atoms with Crippen LogP contribution in [0.5, 0.6) is 0 Å². The quantitative estimate of drug-likeness (QED) is 0.800. The minimum absolute atomic E-state index is 0.00579. The first-order chi connectivity index (χ1) is 8.69. The van der Waals surface area contributed by atoms with E-state index in [2.05, 4.69) is 4.90 Å². The number of aliphatic hydroxyl groups excluding tert-OH is 1. The van der Waals surface area contributed by atoms with Crippen LogP contribution >= 0.6 is 0 Å². The van der Waals surface area contributed by atoms with E-state index in [0.29, 0.717) is 12.0 Å². The number of hydrogen-bond acceptors (Lipinski definition) is 4. The molecule has 3 saturated heterocycles. The molecule has 0 aromatic rings. The zero-order valence-corrected chi connectivity index (χ0v) is 11.3. The number of nitrogens with zero attached hydrogens (tertiary/aromatic N) is 1. The third-order valence-electron chi connectivity index (χ3n) is 4.99. The largest absolute Gasteiger partial charge is 0.393 e. The Morgan fingerprint density at radius 2 is 2.22 bits per heavy atom. The van der Waals surface area contributed by atoms with Crippen molar-refractivity contribution in [2.75, 3.05) is 32.9 Å². The second-order valence-electron chi connectivity index (χ2n) is 6.26. The van der Waals surface area contributed by atoms with Gasteiger partial charge in [0.15, 0.2) is 0 Å². The first-order valence-corrected chi connectivity index (χ1v) is 7.32. The van der Waals surface area contributed by atoms with Crippen LogP contribution in [-0.4, -0.2) is 60.7 Å². The van der Waals surface area contributed by atoms with Crippen molar-refractivity contribution in [3.8, 4) is 0 Å². The fourth-order valence-electron chi connectivity index (χ4n) is 3.72. The maximum Gasteiger partial charge on any atom is 0.0951 e. The lowest BCUT2D eigenvalue weighted by atomic mass is 9.89. The monoisotopic (exact) mass is 255 g/mol. The molecule has 0 bridgehead atoms. The Hall–Kier alpha value is -0.160. The Bertz CT molecular complexity index is 289. The predicted octanol–water partition coefficient (Wildman–Crippen LogP) is 1.03. The Kier molecular flexibility index (Phi) is 3.63.